The molecule has 0 radical (unpaired) electrons. The second kappa shape index (κ2) is 19.0. The quantitative estimate of drug-likeness (QED) is 0.0700. The number of allylic oxidation sites excluding steroid dienone is 1. The molecule has 47 heavy (non-hydrogen) atoms. The van der Waals surface area contributed by atoms with E-state index in [1.165, 1.54) is 135 Å². The van der Waals surface area contributed by atoms with Crippen molar-refractivity contribution in [2.24, 2.45) is 52.3 Å². The molecule has 0 amide bonds. The van der Waals surface area contributed by atoms with Crippen molar-refractivity contribution < 1.29 is 9.53 Å². The predicted molar refractivity (Wildman–Crippen MR) is 202 cm³/mol. The molecular weight excluding hydrogens is 572 g/mol. The Morgan fingerprint density at radius 2 is 1.30 bits per heavy atom. The third kappa shape index (κ3) is 10.8. The van der Waals surface area contributed by atoms with Gasteiger partial charge in [-0.2, -0.15) is 0 Å². The Morgan fingerprint density at radius 3 is 1.94 bits per heavy atom. The zero-order valence-corrected chi connectivity index (χ0v) is 32.7. The summed E-state index contributed by atoms with van der Waals surface area (Å²) >= 11 is 0. The molecule has 0 saturated heterocycles. The van der Waals surface area contributed by atoms with Crippen LogP contribution in [0.3, 0.4) is 0 Å². The molecule has 3 fully saturated rings. The van der Waals surface area contributed by atoms with E-state index in [1.807, 2.05) is 0 Å². The van der Waals surface area contributed by atoms with E-state index in [2.05, 4.69) is 54.5 Å². The molecule has 0 heterocycles. The summed E-state index contributed by atoms with van der Waals surface area (Å²) in [7, 11) is 0. The van der Waals surface area contributed by atoms with Crippen LogP contribution < -0.4 is 0 Å². The van der Waals surface area contributed by atoms with Crippen molar-refractivity contribution in [1.29, 1.82) is 0 Å². The molecule has 4 unspecified atom stereocenters. The molecule has 0 spiro atoms. The van der Waals surface area contributed by atoms with Gasteiger partial charge >= 0.3 is 5.97 Å². The maximum Gasteiger partial charge on any atom is 0.306 e. The average Bonchev–Trinajstić information content (AvgIpc) is 3.38. The lowest BCUT2D eigenvalue weighted by Gasteiger charge is -2.58. The van der Waals surface area contributed by atoms with Crippen LogP contribution in [0.2, 0.25) is 0 Å². The van der Waals surface area contributed by atoms with E-state index < -0.39 is 0 Å². The number of rotatable bonds is 21. The van der Waals surface area contributed by atoms with Crippen LogP contribution in [0, 0.1) is 52.3 Å². The zero-order chi connectivity index (χ0) is 33.9. The van der Waals surface area contributed by atoms with Gasteiger partial charge in [-0.3, -0.25) is 4.79 Å². The van der Waals surface area contributed by atoms with E-state index in [0.717, 1.165) is 60.7 Å². The highest BCUT2D eigenvalue weighted by Crippen LogP contribution is 2.67. The SMILES string of the molecule is CC(C)CCCCCCCCCCCCCCC(=O)O[C@H]1CC[C@@]2(C)C(=CCC3C2CC[C@@]2(C)C3CC[C@@H]2C(C)CCCC(C)C)C1. The van der Waals surface area contributed by atoms with Crippen LogP contribution in [0.25, 0.3) is 0 Å². The van der Waals surface area contributed by atoms with Gasteiger partial charge in [0.25, 0.3) is 0 Å². The minimum absolute atomic E-state index is 0.0641. The Balaban J connectivity index is 1.11. The van der Waals surface area contributed by atoms with Gasteiger partial charge in [0.15, 0.2) is 0 Å². The van der Waals surface area contributed by atoms with E-state index in [1.54, 1.807) is 5.57 Å². The van der Waals surface area contributed by atoms with Crippen LogP contribution in [0.15, 0.2) is 11.6 Å². The van der Waals surface area contributed by atoms with E-state index in [-0.39, 0.29) is 12.1 Å². The lowest BCUT2D eigenvalue weighted by Crippen LogP contribution is -2.51. The van der Waals surface area contributed by atoms with Gasteiger partial charge in [0, 0.05) is 12.8 Å². The van der Waals surface area contributed by atoms with Crippen molar-refractivity contribution >= 4 is 5.97 Å². The van der Waals surface area contributed by atoms with E-state index >= 15 is 0 Å². The van der Waals surface area contributed by atoms with Crippen molar-refractivity contribution in [3.8, 4) is 0 Å². The van der Waals surface area contributed by atoms with Gasteiger partial charge in [0.05, 0.1) is 0 Å². The fraction of sp³-hybridized carbons (Fsp3) is 0.933. The molecule has 0 N–H and O–H groups in total. The highest BCUT2D eigenvalue weighted by atomic mass is 16.5. The molecule has 4 rings (SSSR count). The van der Waals surface area contributed by atoms with E-state index in [0.29, 0.717) is 17.3 Å². The normalized spacial score (nSPS) is 32.5. The number of fused-ring (bicyclic) bond motifs is 5. The van der Waals surface area contributed by atoms with Gasteiger partial charge in [0.1, 0.15) is 6.10 Å². The molecule has 0 aromatic heterocycles. The van der Waals surface area contributed by atoms with Crippen LogP contribution in [0.4, 0.5) is 0 Å². The third-order valence-electron chi connectivity index (χ3n) is 14.5. The number of unbranched alkanes of at least 4 members (excludes halogenated alkanes) is 11. The van der Waals surface area contributed by atoms with Crippen LogP contribution in [0.5, 0.6) is 0 Å². The Hall–Kier alpha value is -0.790. The number of hydrogen-bond acceptors (Lipinski definition) is 2. The number of esters is 1. The molecule has 3 saturated carbocycles. The van der Waals surface area contributed by atoms with E-state index in [9.17, 15) is 4.79 Å². The summed E-state index contributed by atoms with van der Waals surface area (Å²) in [6.07, 6.45) is 35.5. The minimum atomic E-state index is 0.0641. The second-order valence-electron chi connectivity index (χ2n) is 18.8. The minimum Gasteiger partial charge on any atom is -0.462 e. The second-order valence-corrected chi connectivity index (χ2v) is 18.8. The van der Waals surface area contributed by atoms with Gasteiger partial charge in [-0.15, -0.1) is 0 Å². The van der Waals surface area contributed by atoms with E-state index in [4.69, 9.17) is 4.74 Å². The molecule has 0 aromatic rings. The lowest BCUT2D eigenvalue weighted by molar-refractivity contribution is -0.151. The molecular formula is C45H80O2. The van der Waals surface area contributed by atoms with Crippen LogP contribution in [0.1, 0.15) is 209 Å². The number of carbonyl (C=O) groups excluding carboxylic acids is 1. The summed E-state index contributed by atoms with van der Waals surface area (Å²) in [5.41, 5.74) is 2.54. The van der Waals surface area contributed by atoms with Crippen LogP contribution in [-0.2, 0) is 9.53 Å². The summed E-state index contributed by atoms with van der Waals surface area (Å²) in [4.78, 5) is 12.8. The van der Waals surface area contributed by atoms with Gasteiger partial charge in [-0.05, 0) is 104 Å². The summed E-state index contributed by atoms with van der Waals surface area (Å²) in [5.74, 6) is 6.20. The van der Waals surface area contributed by atoms with Gasteiger partial charge in [-0.1, -0.05) is 156 Å². The number of hydrogen-bond donors (Lipinski definition) is 0. The highest BCUT2D eigenvalue weighted by Gasteiger charge is 2.59. The first-order chi connectivity index (χ1) is 22.5. The number of carbonyl (C=O) groups is 1. The molecule has 8 atom stereocenters. The predicted octanol–water partition coefficient (Wildman–Crippen LogP) is 14.1. The van der Waals surface area contributed by atoms with Crippen LogP contribution in [-0.4, -0.2) is 12.1 Å². The summed E-state index contributed by atoms with van der Waals surface area (Å²) in [6, 6.07) is 0. The third-order valence-corrected chi connectivity index (χ3v) is 14.5. The molecule has 272 valence electrons. The maximum atomic E-state index is 12.8. The Bertz CT molecular complexity index is 948. The van der Waals surface area contributed by atoms with Crippen molar-refractivity contribution in [2.45, 2.75) is 215 Å². The highest BCUT2D eigenvalue weighted by molar-refractivity contribution is 5.69. The fourth-order valence-electron chi connectivity index (χ4n) is 11.6. The number of ether oxygens (including phenoxy) is 1. The van der Waals surface area contributed by atoms with Crippen molar-refractivity contribution in [2.75, 3.05) is 0 Å². The lowest BCUT2D eigenvalue weighted by atomic mass is 9.47. The molecule has 0 aromatic carbocycles. The molecule has 2 heteroatoms. The molecule has 0 bridgehead atoms. The first-order valence-electron chi connectivity index (χ1n) is 21.4. The Morgan fingerprint density at radius 1 is 0.702 bits per heavy atom. The maximum absolute atomic E-state index is 12.8. The molecule has 4 aliphatic carbocycles. The smallest absolute Gasteiger partial charge is 0.306 e. The summed E-state index contributed by atoms with van der Waals surface area (Å²) in [6.45, 7) is 17.3. The largest absolute Gasteiger partial charge is 0.462 e. The standard InChI is InChI=1S/C45H80O2/c1-34(2)21-18-16-14-12-10-8-9-11-13-15-17-19-24-43(46)47-38-29-31-44(6)37(33-38)25-26-39-41-28-27-40(36(5)23-20-22-35(3)4)45(41,7)32-30-42(39)44/h25,34-36,38-42H,8-24,26-33H2,1-7H3/t36?,38-,39?,40+,41?,42?,44-,45+/m0/s1. The van der Waals surface area contributed by atoms with Crippen LogP contribution >= 0.6 is 0 Å². The zero-order valence-electron chi connectivity index (χ0n) is 32.7. The first-order valence-corrected chi connectivity index (χ1v) is 21.4. The Kier molecular flexibility index (Phi) is 15.8. The molecule has 2 nitrogen and oxygen atoms in total. The van der Waals surface area contributed by atoms with Gasteiger partial charge in [0.2, 0.25) is 0 Å². The summed E-state index contributed by atoms with van der Waals surface area (Å²) < 4.78 is 6.13. The Labute approximate surface area is 293 Å². The van der Waals surface area contributed by atoms with Crippen molar-refractivity contribution in [3.05, 3.63) is 11.6 Å². The molecule has 0 aliphatic heterocycles. The van der Waals surface area contributed by atoms with Crippen molar-refractivity contribution in [3.63, 3.8) is 0 Å². The monoisotopic (exact) mass is 653 g/mol. The van der Waals surface area contributed by atoms with Crippen molar-refractivity contribution in [1.82, 2.24) is 0 Å². The van der Waals surface area contributed by atoms with Gasteiger partial charge in [-0.25, -0.2) is 0 Å². The topological polar surface area (TPSA) is 26.3 Å². The first kappa shape index (κ1) is 39.0. The fourth-order valence-corrected chi connectivity index (χ4v) is 11.6. The summed E-state index contributed by atoms with van der Waals surface area (Å²) in [5, 5.41) is 0. The average molecular weight is 653 g/mol. The van der Waals surface area contributed by atoms with Gasteiger partial charge < -0.3 is 4.74 Å². The molecule has 4 aliphatic rings.